The fourth-order valence-corrected chi connectivity index (χ4v) is 23.4. The lowest BCUT2D eigenvalue weighted by Gasteiger charge is -2.47. The van der Waals surface area contributed by atoms with Gasteiger partial charge in [0.15, 0.2) is 8.07 Å². The van der Waals surface area contributed by atoms with Gasteiger partial charge in [0.25, 0.3) is 0 Å². The molecule has 0 nitrogen and oxygen atoms in total. The molecule has 1 heteroatoms. The second kappa shape index (κ2) is 27.5. The van der Waals surface area contributed by atoms with Crippen LogP contribution in [-0.4, -0.2) is 8.07 Å². The molecule has 0 amide bonds. The Labute approximate surface area is 591 Å². The summed E-state index contributed by atoms with van der Waals surface area (Å²) in [4.78, 5) is 0. The van der Waals surface area contributed by atoms with Crippen molar-refractivity contribution >= 4 is 23.6 Å². The molecule has 16 rings (SSSR count). The van der Waals surface area contributed by atoms with Gasteiger partial charge >= 0.3 is 0 Å². The van der Waals surface area contributed by atoms with E-state index in [2.05, 4.69) is 410 Å². The number of allylic oxidation sites excluding steroid dienone is 4. The van der Waals surface area contributed by atoms with E-state index < -0.39 is 8.07 Å². The maximum absolute atomic E-state index is 4.59. The molecule has 15 aromatic rings. The molecule has 0 radical (unpaired) electrons. The molecule has 0 aliphatic heterocycles. The fourth-order valence-electron chi connectivity index (χ4n) is 16.4. The van der Waals surface area contributed by atoms with Crippen LogP contribution in [0.4, 0.5) is 0 Å². The second-order valence-electron chi connectivity index (χ2n) is 26.5. The first-order valence-corrected chi connectivity index (χ1v) is 37.1. The van der Waals surface area contributed by atoms with Crippen LogP contribution in [0.5, 0.6) is 0 Å². The summed E-state index contributed by atoms with van der Waals surface area (Å²) in [7, 11) is -4.59. The lowest BCUT2D eigenvalue weighted by molar-refractivity contribution is 0.852. The number of rotatable bonds is 16. The number of hydrogen-bond acceptors (Lipinski definition) is 0. The van der Waals surface area contributed by atoms with E-state index in [9.17, 15) is 0 Å². The zero-order valence-corrected chi connectivity index (χ0v) is 58.0. The summed E-state index contributed by atoms with van der Waals surface area (Å²) in [6.45, 7) is 9.93. The molecule has 0 heterocycles. The third kappa shape index (κ3) is 11.2. The summed E-state index contributed by atoms with van der Waals surface area (Å²) in [6.07, 6.45) is 0. The molecule has 0 spiro atoms. The largest absolute Gasteiger partial charge is 0.180 e. The van der Waals surface area contributed by atoms with Crippen LogP contribution < -0.4 is 15.6 Å². The molecule has 1 atom stereocenters. The minimum absolute atomic E-state index is 0.0738. The van der Waals surface area contributed by atoms with Crippen molar-refractivity contribution in [3.8, 4) is 134 Å². The van der Waals surface area contributed by atoms with Crippen molar-refractivity contribution < 1.29 is 0 Å². The average Bonchev–Trinajstić information content (AvgIpc) is 0.831. The Bertz CT molecular complexity index is 4950. The zero-order valence-electron chi connectivity index (χ0n) is 57.0. The van der Waals surface area contributed by atoms with Gasteiger partial charge in [0.05, 0.1) is 0 Å². The van der Waals surface area contributed by atoms with Gasteiger partial charge in [-0.1, -0.05) is 387 Å². The Balaban J connectivity index is 1.35. The molecule has 100 heavy (non-hydrogen) atoms. The third-order valence-electron chi connectivity index (χ3n) is 21.0. The van der Waals surface area contributed by atoms with Gasteiger partial charge in [-0.15, -0.1) is 0 Å². The normalized spacial score (nSPS) is 13.0. The molecule has 0 saturated carbocycles. The molecule has 476 valence electrons. The first-order chi connectivity index (χ1) is 49.4. The minimum Gasteiger partial charge on any atom is -0.0636 e. The van der Waals surface area contributed by atoms with Gasteiger partial charge in [0, 0.05) is 0 Å². The first-order valence-electron chi connectivity index (χ1n) is 35.1. The van der Waals surface area contributed by atoms with E-state index in [-0.39, 0.29) is 5.92 Å². The lowest BCUT2D eigenvalue weighted by atomic mass is 9.84. The molecular weight excluding hydrogens is 1220 g/mol. The fraction of sp³-hybridized carbons (Fsp3) is 0.0505. The Morgan fingerprint density at radius 1 is 0.190 bits per heavy atom. The number of hydrogen-bond donors (Lipinski definition) is 0. The quantitative estimate of drug-likeness (QED) is 0.0668. The van der Waals surface area contributed by atoms with Crippen LogP contribution >= 0.6 is 0 Å². The van der Waals surface area contributed by atoms with Crippen molar-refractivity contribution in [1.82, 2.24) is 0 Å². The van der Waals surface area contributed by atoms with Gasteiger partial charge in [0.1, 0.15) is 0 Å². The predicted octanol–water partition coefficient (Wildman–Crippen LogP) is 25.0. The summed E-state index contributed by atoms with van der Waals surface area (Å²) < 4.78 is 0. The zero-order chi connectivity index (χ0) is 67.5. The van der Waals surface area contributed by atoms with E-state index in [1.165, 1.54) is 104 Å². The molecule has 15 aromatic carbocycles. The molecule has 0 bridgehead atoms. The molecule has 1 aliphatic carbocycles. The Kier molecular flexibility index (Phi) is 17.3. The SMILES string of the molecule is CC1=C(C)C(C)C([Si](c2c(-c3ccccc3)cc(-c3ccccc3)c(-c3ccccc3)c2-c2ccccc2)(c2c(-c3ccccc3)cc(-c3ccccc3)c(-c3ccccc3)c2-c2ccccc2)c2c(-c3ccccc3)cc(-c3ccccc3)c(-c3ccccc3)c2-c2ccccc2)=C1C. The van der Waals surface area contributed by atoms with E-state index >= 15 is 0 Å². The van der Waals surface area contributed by atoms with Gasteiger partial charge in [-0.05, 0) is 200 Å². The summed E-state index contributed by atoms with van der Waals surface area (Å²) in [5.74, 6) is -0.0738. The van der Waals surface area contributed by atoms with Gasteiger partial charge in [0.2, 0.25) is 0 Å². The van der Waals surface area contributed by atoms with Gasteiger partial charge in [-0.3, -0.25) is 0 Å². The topological polar surface area (TPSA) is 0 Å². The Hall–Kier alpha value is -12.0. The molecule has 0 saturated heterocycles. The summed E-state index contributed by atoms with van der Waals surface area (Å²) in [5.41, 5.74) is 32.1. The Morgan fingerprint density at radius 2 is 0.360 bits per heavy atom. The second-order valence-corrected chi connectivity index (χ2v) is 30.0. The summed E-state index contributed by atoms with van der Waals surface area (Å²) in [6, 6.07) is 145. The maximum atomic E-state index is 2.64. The van der Waals surface area contributed by atoms with E-state index in [1.54, 1.807) is 0 Å². The predicted molar refractivity (Wildman–Crippen MR) is 429 cm³/mol. The van der Waals surface area contributed by atoms with Crippen molar-refractivity contribution in [3.63, 3.8) is 0 Å². The smallest absolute Gasteiger partial charge is 0.0636 e. The average molecular weight is 1290 g/mol. The molecule has 0 aromatic heterocycles. The van der Waals surface area contributed by atoms with Crippen LogP contribution in [0, 0.1) is 5.92 Å². The van der Waals surface area contributed by atoms with E-state index in [0.717, 1.165) is 66.8 Å². The van der Waals surface area contributed by atoms with Crippen LogP contribution in [0.15, 0.2) is 404 Å². The van der Waals surface area contributed by atoms with E-state index in [1.807, 2.05) is 0 Å². The van der Waals surface area contributed by atoms with Gasteiger partial charge < -0.3 is 0 Å². The molecule has 1 aliphatic rings. The molecule has 1 unspecified atom stereocenters. The van der Waals surface area contributed by atoms with Crippen LogP contribution in [0.1, 0.15) is 27.7 Å². The van der Waals surface area contributed by atoms with Crippen molar-refractivity contribution in [2.24, 2.45) is 5.92 Å². The standard InChI is InChI=1S/C99H76Si/c1-68-69(2)71(4)96(70(68)3)100(97-87(75-47-23-8-24-48-75)65-84(72-41-17-5-18-42-72)90(78-53-29-11-30-54-78)93(97)81-59-35-14-36-60-81,98-88(76-49-25-9-26-50-76)66-85(73-43-19-6-20-44-73)91(79-55-31-12-32-56-79)94(98)82-61-37-15-38-62-82)99-89(77-51-27-10-28-52-77)67-86(74-45-21-7-22-46-74)92(80-57-33-13-34-58-80)95(99)83-63-39-16-40-64-83/h5-67,70H,1-4H3. The van der Waals surface area contributed by atoms with E-state index in [0.29, 0.717) is 0 Å². The Morgan fingerprint density at radius 3 is 0.540 bits per heavy atom. The highest BCUT2D eigenvalue weighted by atomic mass is 28.3. The highest BCUT2D eigenvalue weighted by Crippen LogP contribution is 2.55. The molecular formula is C99H76Si. The van der Waals surface area contributed by atoms with E-state index in [4.69, 9.17) is 0 Å². The van der Waals surface area contributed by atoms with Crippen LogP contribution in [0.2, 0.25) is 0 Å². The third-order valence-corrected chi connectivity index (χ3v) is 26.5. The number of benzene rings is 15. The lowest BCUT2D eigenvalue weighted by Crippen LogP contribution is -2.72. The van der Waals surface area contributed by atoms with Crippen LogP contribution in [-0.2, 0) is 0 Å². The highest BCUT2D eigenvalue weighted by Gasteiger charge is 2.56. The monoisotopic (exact) mass is 1290 g/mol. The van der Waals surface area contributed by atoms with Crippen LogP contribution in [0.3, 0.4) is 0 Å². The van der Waals surface area contributed by atoms with Crippen molar-refractivity contribution in [3.05, 3.63) is 404 Å². The summed E-state index contributed by atoms with van der Waals surface area (Å²) >= 11 is 0. The highest BCUT2D eigenvalue weighted by molar-refractivity contribution is 7.20. The summed E-state index contributed by atoms with van der Waals surface area (Å²) in [5, 5.41) is 5.45. The first kappa shape index (κ1) is 62.8. The maximum Gasteiger partial charge on any atom is 0.180 e. The van der Waals surface area contributed by atoms with Crippen molar-refractivity contribution in [2.45, 2.75) is 27.7 Å². The van der Waals surface area contributed by atoms with Crippen LogP contribution in [0.25, 0.3) is 134 Å². The van der Waals surface area contributed by atoms with Gasteiger partial charge in [-0.25, -0.2) is 0 Å². The minimum atomic E-state index is -4.59. The van der Waals surface area contributed by atoms with Crippen molar-refractivity contribution in [1.29, 1.82) is 0 Å². The van der Waals surface area contributed by atoms with Gasteiger partial charge in [-0.2, -0.15) is 0 Å². The molecule has 0 N–H and O–H groups in total. The molecule has 0 fully saturated rings. The van der Waals surface area contributed by atoms with Crippen molar-refractivity contribution in [2.75, 3.05) is 0 Å².